The molecule has 0 fully saturated rings. The predicted molar refractivity (Wildman–Crippen MR) is 91.2 cm³/mol. The maximum absolute atomic E-state index is 12.4. The first-order valence-corrected chi connectivity index (χ1v) is 7.95. The van der Waals surface area contributed by atoms with Gasteiger partial charge in [0.05, 0.1) is 21.7 Å². The summed E-state index contributed by atoms with van der Waals surface area (Å²) >= 11 is 15.3. The molecule has 0 heterocycles. The minimum absolute atomic E-state index is 0.135. The van der Waals surface area contributed by atoms with Crippen molar-refractivity contribution in [2.45, 2.75) is 19.9 Å². The van der Waals surface area contributed by atoms with Crippen LogP contribution in [0.3, 0.4) is 0 Å². The summed E-state index contributed by atoms with van der Waals surface area (Å²) in [6.07, 6.45) is 0. The Balaban J connectivity index is 2.18. The molecule has 5 heteroatoms. The lowest BCUT2D eigenvalue weighted by Gasteiger charge is -2.16. The molecule has 2 aromatic carbocycles. The number of carbonyl (C=O) groups is 1. The zero-order chi connectivity index (χ0) is 15.6. The van der Waals surface area contributed by atoms with Crippen molar-refractivity contribution >= 4 is 45.0 Å². The molecule has 0 aromatic heterocycles. The molecule has 1 amide bonds. The van der Waals surface area contributed by atoms with Crippen LogP contribution >= 0.6 is 39.1 Å². The highest BCUT2D eigenvalue weighted by molar-refractivity contribution is 9.10. The van der Waals surface area contributed by atoms with E-state index >= 15 is 0 Å². The Hall–Kier alpha value is -1.03. The Morgan fingerprint density at radius 3 is 2.52 bits per heavy atom. The van der Waals surface area contributed by atoms with Crippen molar-refractivity contribution in [2.75, 3.05) is 0 Å². The maximum atomic E-state index is 12.4. The molecule has 0 radical (unpaired) electrons. The van der Waals surface area contributed by atoms with E-state index in [0.717, 1.165) is 15.6 Å². The molecule has 0 aliphatic rings. The summed E-state index contributed by atoms with van der Waals surface area (Å²) < 4.78 is 0.770. The monoisotopic (exact) mass is 385 g/mol. The Morgan fingerprint density at radius 1 is 1.14 bits per heavy atom. The van der Waals surface area contributed by atoms with Crippen molar-refractivity contribution < 1.29 is 4.79 Å². The average Bonchev–Trinajstić information content (AvgIpc) is 2.44. The van der Waals surface area contributed by atoms with E-state index in [1.165, 1.54) is 0 Å². The molecule has 0 bridgehead atoms. The molecule has 21 heavy (non-hydrogen) atoms. The van der Waals surface area contributed by atoms with Crippen molar-refractivity contribution in [3.05, 3.63) is 67.6 Å². The summed E-state index contributed by atoms with van der Waals surface area (Å²) in [5.41, 5.74) is 2.55. The van der Waals surface area contributed by atoms with Gasteiger partial charge < -0.3 is 5.32 Å². The molecule has 1 unspecified atom stereocenters. The maximum Gasteiger partial charge on any atom is 0.252 e. The minimum atomic E-state index is -0.167. The van der Waals surface area contributed by atoms with Crippen LogP contribution in [0.25, 0.3) is 0 Å². The number of carbonyl (C=O) groups excluding carboxylic acids is 1. The Labute approximate surface area is 142 Å². The van der Waals surface area contributed by atoms with Gasteiger partial charge in [0.15, 0.2) is 0 Å². The molecule has 0 spiro atoms. The highest BCUT2D eigenvalue weighted by Gasteiger charge is 2.15. The molecule has 0 saturated carbocycles. The summed E-state index contributed by atoms with van der Waals surface area (Å²) in [5.74, 6) is -0.135. The summed E-state index contributed by atoms with van der Waals surface area (Å²) in [4.78, 5) is 12.4. The van der Waals surface area contributed by atoms with E-state index in [0.29, 0.717) is 15.6 Å². The lowest BCUT2D eigenvalue weighted by molar-refractivity contribution is 0.0939. The van der Waals surface area contributed by atoms with Gasteiger partial charge in [-0.3, -0.25) is 4.79 Å². The van der Waals surface area contributed by atoms with Gasteiger partial charge in [0.25, 0.3) is 5.91 Å². The lowest BCUT2D eigenvalue weighted by atomic mass is 10.1. The number of benzene rings is 2. The third-order valence-corrected chi connectivity index (χ3v) is 4.59. The van der Waals surface area contributed by atoms with Gasteiger partial charge in [0, 0.05) is 4.47 Å². The zero-order valence-corrected chi connectivity index (χ0v) is 14.7. The van der Waals surface area contributed by atoms with E-state index < -0.39 is 0 Å². The number of aryl methyl sites for hydroxylation is 1. The SMILES string of the molecule is Cc1ccc(Br)c(C(=O)NC(C)c2ccc(Cl)c(Cl)c2)c1. The molecule has 2 aromatic rings. The van der Waals surface area contributed by atoms with Crippen molar-refractivity contribution in [1.29, 1.82) is 0 Å². The van der Waals surface area contributed by atoms with Crippen LogP contribution in [0.4, 0.5) is 0 Å². The summed E-state index contributed by atoms with van der Waals surface area (Å²) in [5, 5.41) is 3.94. The van der Waals surface area contributed by atoms with Crippen LogP contribution in [0.15, 0.2) is 40.9 Å². The van der Waals surface area contributed by atoms with Gasteiger partial charge in [0.1, 0.15) is 0 Å². The fourth-order valence-electron chi connectivity index (χ4n) is 1.95. The molecule has 110 valence electrons. The van der Waals surface area contributed by atoms with Crippen molar-refractivity contribution in [2.24, 2.45) is 0 Å². The van der Waals surface area contributed by atoms with Gasteiger partial charge in [0.2, 0.25) is 0 Å². The topological polar surface area (TPSA) is 29.1 Å². The number of hydrogen-bond acceptors (Lipinski definition) is 1. The number of rotatable bonds is 3. The molecule has 2 rings (SSSR count). The quantitative estimate of drug-likeness (QED) is 0.735. The van der Waals surface area contributed by atoms with Crippen LogP contribution < -0.4 is 5.32 Å². The van der Waals surface area contributed by atoms with Gasteiger partial charge in [-0.1, -0.05) is 40.9 Å². The summed E-state index contributed by atoms with van der Waals surface area (Å²) in [6.45, 7) is 3.85. The van der Waals surface area contributed by atoms with E-state index in [9.17, 15) is 4.79 Å². The van der Waals surface area contributed by atoms with Crippen LogP contribution in [-0.4, -0.2) is 5.91 Å². The second-order valence-electron chi connectivity index (χ2n) is 4.85. The number of amides is 1. The van der Waals surface area contributed by atoms with Crippen LogP contribution in [0.2, 0.25) is 10.0 Å². The molecule has 0 aliphatic carbocycles. The zero-order valence-electron chi connectivity index (χ0n) is 11.6. The first-order valence-electron chi connectivity index (χ1n) is 6.40. The predicted octanol–water partition coefficient (Wildman–Crippen LogP) is 5.56. The van der Waals surface area contributed by atoms with E-state index in [4.69, 9.17) is 23.2 Å². The number of nitrogens with one attached hydrogen (secondary N) is 1. The largest absolute Gasteiger partial charge is 0.345 e. The smallest absolute Gasteiger partial charge is 0.252 e. The molecule has 2 nitrogen and oxygen atoms in total. The molecular weight excluding hydrogens is 373 g/mol. The van der Waals surface area contributed by atoms with Crippen molar-refractivity contribution in [3.8, 4) is 0 Å². The average molecular weight is 387 g/mol. The van der Waals surface area contributed by atoms with Crippen LogP contribution in [0.1, 0.15) is 34.5 Å². The Bertz CT molecular complexity index is 688. The fourth-order valence-corrected chi connectivity index (χ4v) is 2.69. The fraction of sp³-hybridized carbons (Fsp3) is 0.188. The van der Waals surface area contributed by atoms with E-state index in [1.54, 1.807) is 12.1 Å². The summed E-state index contributed by atoms with van der Waals surface area (Å²) in [7, 11) is 0. The third-order valence-electron chi connectivity index (χ3n) is 3.16. The molecule has 0 saturated heterocycles. The van der Waals surface area contributed by atoms with Crippen LogP contribution in [-0.2, 0) is 0 Å². The minimum Gasteiger partial charge on any atom is -0.345 e. The van der Waals surface area contributed by atoms with Gasteiger partial charge in [-0.05, 0) is 59.6 Å². The molecule has 1 atom stereocenters. The van der Waals surface area contributed by atoms with Gasteiger partial charge in [-0.15, -0.1) is 0 Å². The normalized spacial score (nSPS) is 12.0. The molecule has 0 aliphatic heterocycles. The number of halogens is 3. The van der Waals surface area contributed by atoms with Crippen LogP contribution in [0.5, 0.6) is 0 Å². The summed E-state index contributed by atoms with van der Waals surface area (Å²) in [6, 6.07) is 10.8. The second kappa shape index (κ2) is 6.82. The van der Waals surface area contributed by atoms with Crippen molar-refractivity contribution in [3.63, 3.8) is 0 Å². The Kier molecular flexibility index (Phi) is 5.31. The molecule has 1 N–H and O–H groups in total. The molecular formula is C16H14BrCl2NO. The lowest BCUT2D eigenvalue weighted by Crippen LogP contribution is -2.27. The third kappa shape index (κ3) is 4.00. The van der Waals surface area contributed by atoms with E-state index in [-0.39, 0.29) is 11.9 Å². The second-order valence-corrected chi connectivity index (χ2v) is 6.52. The van der Waals surface area contributed by atoms with E-state index in [1.807, 2.05) is 38.1 Å². The van der Waals surface area contributed by atoms with E-state index in [2.05, 4.69) is 21.2 Å². The van der Waals surface area contributed by atoms with Crippen molar-refractivity contribution in [1.82, 2.24) is 5.32 Å². The van der Waals surface area contributed by atoms with Gasteiger partial charge in [-0.2, -0.15) is 0 Å². The Morgan fingerprint density at radius 2 is 1.86 bits per heavy atom. The number of hydrogen-bond donors (Lipinski definition) is 1. The standard InChI is InChI=1S/C16H14BrCl2NO/c1-9-3-5-13(17)12(7-9)16(21)20-10(2)11-4-6-14(18)15(19)8-11/h3-8,10H,1-2H3,(H,20,21). The van der Waals surface area contributed by atoms with Crippen LogP contribution in [0, 0.1) is 6.92 Å². The first kappa shape index (κ1) is 16.3. The first-order chi connectivity index (χ1) is 9.88. The van der Waals surface area contributed by atoms with Gasteiger partial charge >= 0.3 is 0 Å². The highest BCUT2D eigenvalue weighted by Crippen LogP contribution is 2.26. The van der Waals surface area contributed by atoms with Gasteiger partial charge in [-0.25, -0.2) is 0 Å². The highest BCUT2D eigenvalue weighted by atomic mass is 79.9.